The van der Waals surface area contributed by atoms with Crippen LogP contribution in [0.25, 0.3) is 16.7 Å². The highest BCUT2D eigenvalue weighted by Crippen LogP contribution is 2.26. The number of hydrogen-bond acceptors (Lipinski definition) is 4. The molecule has 3 heterocycles. The third-order valence-electron chi connectivity index (χ3n) is 6.80. The molecule has 6 nitrogen and oxygen atoms in total. The van der Waals surface area contributed by atoms with E-state index in [-0.39, 0.29) is 6.04 Å². The highest BCUT2D eigenvalue weighted by Gasteiger charge is 2.31. The summed E-state index contributed by atoms with van der Waals surface area (Å²) in [6.45, 7) is 3.82. The van der Waals surface area contributed by atoms with Gasteiger partial charge in [-0.2, -0.15) is 5.10 Å². The van der Waals surface area contributed by atoms with Gasteiger partial charge in [0.25, 0.3) is 0 Å². The van der Waals surface area contributed by atoms with Crippen molar-refractivity contribution in [3.8, 4) is 5.69 Å². The van der Waals surface area contributed by atoms with Crippen molar-refractivity contribution in [1.82, 2.24) is 19.7 Å². The van der Waals surface area contributed by atoms with Crippen LogP contribution in [0.3, 0.4) is 0 Å². The van der Waals surface area contributed by atoms with Crippen LogP contribution in [0.2, 0.25) is 5.02 Å². The van der Waals surface area contributed by atoms with Crippen LogP contribution in [0.4, 0.5) is 5.82 Å². The predicted octanol–water partition coefficient (Wildman–Crippen LogP) is 3.96. The first-order valence-corrected chi connectivity index (χ1v) is 12.3. The topological polar surface area (TPSA) is 51.3 Å². The largest absolute Gasteiger partial charge is 0.345 e. The van der Waals surface area contributed by atoms with E-state index in [4.69, 9.17) is 11.6 Å². The average Bonchev–Trinajstić information content (AvgIpc) is 3.36. The first-order chi connectivity index (χ1) is 17.3. The van der Waals surface area contributed by atoms with Crippen LogP contribution in [0.5, 0.6) is 0 Å². The Morgan fingerprint density at radius 3 is 2.14 bits per heavy atom. The summed E-state index contributed by atoms with van der Waals surface area (Å²) in [6, 6.07) is 29.4. The van der Waals surface area contributed by atoms with Gasteiger partial charge in [-0.3, -0.25) is 0 Å². The lowest BCUT2D eigenvalue weighted by Crippen LogP contribution is -3.15. The standard InChI is InChI=1S/C28H25ClN6/c29-23-13-11-22(12-14-23)26(21-7-3-1-4-8-21)33-15-17-34(18-16-33)27-25-19-32-35(28(25)31-20-30-27)24-9-5-2-6-10-24/h1-14,19-20,26H,15-18H2/p+1/t26-/m0/s1. The number of rotatable bonds is 5. The lowest BCUT2D eigenvalue weighted by Gasteiger charge is -2.37. The van der Waals surface area contributed by atoms with Crippen LogP contribution in [0, 0.1) is 0 Å². The molecule has 0 spiro atoms. The fourth-order valence-corrected chi connectivity index (χ4v) is 5.23. The number of nitrogens with one attached hydrogen (secondary N) is 1. The van der Waals surface area contributed by atoms with Crippen molar-refractivity contribution in [2.75, 3.05) is 31.1 Å². The van der Waals surface area contributed by atoms with Crippen LogP contribution < -0.4 is 9.80 Å². The van der Waals surface area contributed by atoms with E-state index < -0.39 is 0 Å². The predicted molar refractivity (Wildman–Crippen MR) is 139 cm³/mol. The molecule has 5 aromatic rings. The molecule has 35 heavy (non-hydrogen) atoms. The van der Waals surface area contributed by atoms with E-state index in [1.165, 1.54) is 11.1 Å². The molecular weight excluding hydrogens is 456 g/mol. The van der Waals surface area contributed by atoms with Crippen molar-refractivity contribution in [2.24, 2.45) is 0 Å². The summed E-state index contributed by atoms with van der Waals surface area (Å²) in [5.41, 5.74) is 4.44. The molecule has 0 saturated carbocycles. The smallest absolute Gasteiger partial charge is 0.168 e. The fourth-order valence-electron chi connectivity index (χ4n) is 5.10. The Kier molecular flexibility index (Phi) is 5.90. The quantitative estimate of drug-likeness (QED) is 0.413. The summed E-state index contributed by atoms with van der Waals surface area (Å²) in [5.74, 6) is 0.957. The van der Waals surface area contributed by atoms with E-state index in [1.807, 2.05) is 53.3 Å². The number of para-hydroxylation sites is 1. The average molecular weight is 482 g/mol. The van der Waals surface area contributed by atoms with Crippen LogP contribution >= 0.6 is 11.6 Å². The Morgan fingerprint density at radius 2 is 1.43 bits per heavy atom. The normalized spacial score (nSPS) is 15.4. The first kappa shape index (κ1) is 21.8. The van der Waals surface area contributed by atoms with Crippen molar-refractivity contribution >= 4 is 28.5 Å². The zero-order valence-electron chi connectivity index (χ0n) is 19.3. The Bertz CT molecular complexity index is 1410. The van der Waals surface area contributed by atoms with E-state index in [9.17, 15) is 0 Å². The maximum absolute atomic E-state index is 6.19. The van der Waals surface area contributed by atoms with Gasteiger partial charge in [0.05, 0.1) is 43.4 Å². The molecule has 1 aliphatic heterocycles. The lowest BCUT2D eigenvalue weighted by molar-refractivity contribution is -0.926. The molecule has 0 radical (unpaired) electrons. The van der Waals surface area contributed by atoms with Gasteiger partial charge in [0.2, 0.25) is 0 Å². The van der Waals surface area contributed by atoms with Crippen molar-refractivity contribution in [1.29, 1.82) is 0 Å². The number of nitrogens with zero attached hydrogens (tertiary/aromatic N) is 5. The minimum Gasteiger partial charge on any atom is -0.345 e. The Hall–Kier alpha value is -3.74. The molecule has 1 saturated heterocycles. The number of anilines is 1. The van der Waals surface area contributed by atoms with E-state index in [0.29, 0.717) is 0 Å². The van der Waals surface area contributed by atoms with E-state index in [0.717, 1.165) is 53.7 Å². The summed E-state index contributed by atoms with van der Waals surface area (Å²) in [5, 5.41) is 6.37. The summed E-state index contributed by atoms with van der Waals surface area (Å²) in [7, 11) is 0. The first-order valence-electron chi connectivity index (χ1n) is 11.9. The number of halogens is 1. The van der Waals surface area contributed by atoms with Gasteiger partial charge < -0.3 is 9.80 Å². The second kappa shape index (κ2) is 9.49. The van der Waals surface area contributed by atoms with Gasteiger partial charge >= 0.3 is 0 Å². The SMILES string of the molecule is Clc1ccc([C@H](c2ccccc2)[NH+]2CCN(c3ncnc4c3cnn4-c3ccccc3)CC2)cc1. The molecule has 1 aliphatic rings. The van der Waals surface area contributed by atoms with E-state index in [1.54, 1.807) is 11.2 Å². The fraction of sp³-hybridized carbons (Fsp3) is 0.179. The van der Waals surface area contributed by atoms with Crippen molar-refractivity contribution in [3.63, 3.8) is 0 Å². The molecule has 7 heteroatoms. The van der Waals surface area contributed by atoms with E-state index >= 15 is 0 Å². The van der Waals surface area contributed by atoms with Crippen molar-refractivity contribution in [3.05, 3.63) is 114 Å². The lowest BCUT2D eigenvalue weighted by atomic mass is 9.96. The molecule has 0 aliphatic carbocycles. The highest BCUT2D eigenvalue weighted by atomic mass is 35.5. The molecule has 174 valence electrons. The summed E-state index contributed by atoms with van der Waals surface area (Å²) < 4.78 is 1.88. The van der Waals surface area contributed by atoms with E-state index in [2.05, 4.69) is 62.4 Å². The van der Waals surface area contributed by atoms with Gasteiger partial charge in [0, 0.05) is 16.1 Å². The van der Waals surface area contributed by atoms with Crippen LogP contribution in [0.15, 0.2) is 97.5 Å². The van der Waals surface area contributed by atoms with Gasteiger partial charge in [0.15, 0.2) is 5.65 Å². The highest BCUT2D eigenvalue weighted by molar-refractivity contribution is 6.30. The molecule has 0 bridgehead atoms. The molecule has 2 aromatic heterocycles. The van der Waals surface area contributed by atoms with Gasteiger partial charge in [-0.1, -0.05) is 72.3 Å². The minimum atomic E-state index is 0.266. The zero-order valence-corrected chi connectivity index (χ0v) is 20.0. The number of benzene rings is 3. The summed E-state index contributed by atoms with van der Waals surface area (Å²) in [4.78, 5) is 13.1. The van der Waals surface area contributed by atoms with Gasteiger partial charge in [-0.05, 0) is 24.3 Å². The van der Waals surface area contributed by atoms with Crippen molar-refractivity contribution < 1.29 is 4.90 Å². The number of hydrogen-bond donors (Lipinski definition) is 1. The van der Waals surface area contributed by atoms with Crippen LogP contribution in [0.1, 0.15) is 17.2 Å². The van der Waals surface area contributed by atoms with Crippen molar-refractivity contribution in [2.45, 2.75) is 6.04 Å². The Labute approximate surface area is 209 Å². The maximum Gasteiger partial charge on any atom is 0.168 e. The maximum atomic E-state index is 6.19. The second-order valence-corrected chi connectivity index (χ2v) is 9.30. The minimum absolute atomic E-state index is 0.266. The molecule has 1 fully saturated rings. The summed E-state index contributed by atoms with van der Waals surface area (Å²) >= 11 is 6.19. The molecule has 6 rings (SSSR count). The van der Waals surface area contributed by atoms with Crippen LogP contribution in [-0.2, 0) is 0 Å². The number of quaternary nitrogens is 1. The Balaban J connectivity index is 1.27. The zero-order chi connectivity index (χ0) is 23.6. The molecule has 1 atom stereocenters. The summed E-state index contributed by atoms with van der Waals surface area (Å²) in [6.07, 6.45) is 3.54. The molecule has 0 unspecified atom stereocenters. The van der Waals surface area contributed by atoms with Gasteiger partial charge in [0.1, 0.15) is 18.2 Å². The number of fused-ring (bicyclic) bond motifs is 1. The van der Waals surface area contributed by atoms with Gasteiger partial charge in [-0.15, -0.1) is 0 Å². The Morgan fingerprint density at radius 1 is 0.771 bits per heavy atom. The van der Waals surface area contributed by atoms with Gasteiger partial charge in [-0.25, -0.2) is 14.6 Å². The molecular formula is C28H26ClN6+. The molecule has 3 aromatic carbocycles. The number of piperazine rings is 1. The molecule has 0 amide bonds. The third kappa shape index (κ3) is 4.27. The molecule has 1 N–H and O–H groups in total. The van der Waals surface area contributed by atoms with Crippen LogP contribution in [-0.4, -0.2) is 45.9 Å². The third-order valence-corrected chi connectivity index (χ3v) is 7.05. The second-order valence-electron chi connectivity index (χ2n) is 8.87. The monoisotopic (exact) mass is 481 g/mol. The number of aromatic nitrogens is 4.